The Balaban J connectivity index is 1.53. The van der Waals surface area contributed by atoms with Crippen LogP contribution in [0.5, 0.6) is 0 Å². The highest BCUT2D eigenvalue weighted by molar-refractivity contribution is 6.09. The largest absolute Gasteiger partial charge is 0.467 e. The summed E-state index contributed by atoms with van der Waals surface area (Å²) in [4.78, 5) is 54.1. The van der Waals surface area contributed by atoms with Crippen molar-refractivity contribution in [2.75, 3.05) is 18.4 Å². The van der Waals surface area contributed by atoms with E-state index >= 15 is 0 Å². The average Bonchev–Trinajstić information content (AvgIpc) is 3.50. The lowest BCUT2D eigenvalue weighted by molar-refractivity contribution is -0.141. The van der Waals surface area contributed by atoms with Crippen LogP contribution in [0, 0.1) is 0 Å². The van der Waals surface area contributed by atoms with Crippen LogP contribution in [0.25, 0.3) is 0 Å². The van der Waals surface area contributed by atoms with Crippen molar-refractivity contribution in [1.29, 1.82) is 0 Å². The van der Waals surface area contributed by atoms with E-state index in [2.05, 4.69) is 10.6 Å². The molecule has 0 bridgehead atoms. The molecule has 0 aliphatic carbocycles. The second kappa shape index (κ2) is 11.0. The number of furan rings is 1. The van der Waals surface area contributed by atoms with Gasteiger partial charge in [-0.1, -0.05) is 49.4 Å². The summed E-state index contributed by atoms with van der Waals surface area (Å²) in [6, 6.07) is 15.4. The smallest absolute Gasteiger partial charge is 0.418 e. The second-order valence-electron chi connectivity index (χ2n) is 8.87. The van der Waals surface area contributed by atoms with Gasteiger partial charge in [0.2, 0.25) is 11.8 Å². The number of urea groups is 1. The highest BCUT2D eigenvalue weighted by Gasteiger charge is 2.51. The van der Waals surface area contributed by atoms with Gasteiger partial charge in [-0.3, -0.25) is 19.3 Å². The number of carbonyl (C=O) groups is 4. The van der Waals surface area contributed by atoms with Crippen LogP contribution in [0.1, 0.15) is 30.2 Å². The molecule has 2 N–H and O–H groups in total. The number of anilines is 1. The summed E-state index contributed by atoms with van der Waals surface area (Å²) in [6.07, 6.45) is -3.13. The summed E-state index contributed by atoms with van der Waals surface area (Å²) in [5.41, 5.74) is -2.32. The number of carbonyl (C=O) groups excluding carboxylic acids is 4. The van der Waals surface area contributed by atoms with E-state index in [9.17, 15) is 32.3 Å². The summed E-state index contributed by atoms with van der Waals surface area (Å²) in [5.74, 6) is -2.03. The zero-order valence-corrected chi connectivity index (χ0v) is 20.8. The molecule has 1 aromatic heterocycles. The fraction of sp³-hybridized carbons (Fsp3) is 0.259. The zero-order chi connectivity index (χ0) is 28.2. The molecule has 2 aromatic carbocycles. The van der Waals surface area contributed by atoms with E-state index in [1.165, 1.54) is 18.4 Å². The minimum atomic E-state index is -4.71. The predicted octanol–water partition coefficient (Wildman–Crippen LogP) is 4.12. The van der Waals surface area contributed by atoms with Crippen LogP contribution >= 0.6 is 0 Å². The zero-order valence-electron chi connectivity index (χ0n) is 20.8. The van der Waals surface area contributed by atoms with Gasteiger partial charge in [-0.25, -0.2) is 4.79 Å². The molecule has 0 saturated carbocycles. The molecule has 1 aliphatic heterocycles. The van der Waals surface area contributed by atoms with E-state index in [-0.39, 0.29) is 18.7 Å². The van der Waals surface area contributed by atoms with Gasteiger partial charge in [-0.15, -0.1) is 0 Å². The lowest BCUT2D eigenvalue weighted by atomic mass is 9.87. The SMILES string of the molecule is CC[C@]1(c2ccccc2)NC(=O)N(CC(=O)N(CC(=O)Nc2ccccc2C(F)(F)F)Cc2ccco2)C1=O. The molecule has 0 unspecified atom stereocenters. The van der Waals surface area contributed by atoms with Crippen molar-refractivity contribution in [3.63, 3.8) is 0 Å². The topological polar surface area (TPSA) is 112 Å². The molecule has 1 fully saturated rings. The average molecular weight is 543 g/mol. The number of halogens is 3. The molecule has 204 valence electrons. The van der Waals surface area contributed by atoms with Crippen molar-refractivity contribution in [2.24, 2.45) is 0 Å². The van der Waals surface area contributed by atoms with E-state index in [1.54, 1.807) is 49.4 Å². The van der Waals surface area contributed by atoms with Gasteiger partial charge in [0, 0.05) is 0 Å². The Kier molecular flexibility index (Phi) is 7.75. The number of amides is 5. The lowest BCUT2D eigenvalue weighted by Crippen LogP contribution is -2.46. The van der Waals surface area contributed by atoms with Crippen LogP contribution in [0.15, 0.2) is 77.4 Å². The van der Waals surface area contributed by atoms with Crippen LogP contribution in [-0.2, 0) is 32.6 Å². The van der Waals surface area contributed by atoms with Gasteiger partial charge in [0.05, 0.1) is 24.1 Å². The summed E-state index contributed by atoms with van der Waals surface area (Å²) in [7, 11) is 0. The summed E-state index contributed by atoms with van der Waals surface area (Å²) in [5, 5.41) is 4.87. The van der Waals surface area contributed by atoms with E-state index in [4.69, 9.17) is 4.42 Å². The van der Waals surface area contributed by atoms with Gasteiger partial charge >= 0.3 is 12.2 Å². The Morgan fingerprint density at radius 2 is 1.72 bits per heavy atom. The summed E-state index contributed by atoms with van der Waals surface area (Å²) < 4.78 is 45.3. The number of imide groups is 1. The number of para-hydroxylation sites is 1. The summed E-state index contributed by atoms with van der Waals surface area (Å²) >= 11 is 0. The molecule has 0 radical (unpaired) electrons. The van der Waals surface area contributed by atoms with Crippen molar-refractivity contribution in [3.05, 3.63) is 89.9 Å². The molecule has 4 rings (SSSR count). The van der Waals surface area contributed by atoms with Gasteiger partial charge in [-0.05, 0) is 36.2 Å². The first kappa shape index (κ1) is 27.4. The van der Waals surface area contributed by atoms with E-state index in [1.807, 2.05) is 0 Å². The fourth-order valence-corrected chi connectivity index (χ4v) is 4.39. The molecule has 39 heavy (non-hydrogen) atoms. The van der Waals surface area contributed by atoms with Crippen molar-refractivity contribution in [2.45, 2.75) is 31.6 Å². The molecule has 1 saturated heterocycles. The van der Waals surface area contributed by atoms with Gasteiger partial charge in [0.25, 0.3) is 5.91 Å². The van der Waals surface area contributed by atoms with Crippen LogP contribution < -0.4 is 10.6 Å². The fourth-order valence-electron chi connectivity index (χ4n) is 4.39. The standard InChI is InChI=1S/C27H25F3N4O5/c1-2-26(18-9-4-3-5-10-18)24(37)34(25(38)32-26)17-23(36)33(15-19-11-8-14-39-19)16-22(35)31-21-13-7-6-12-20(21)27(28,29)30/h3-14H,2,15-17H2,1H3,(H,31,35)(H,32,38)/t26-/m1/s1. The van der Waals surface area contributed by atoms with E-state index in [0.717, 1.165) is 21.9 Å². The predicted molar refractivity (Wildman–Crippen MR) is 133 cm³/mol. The second-order valence-corrected chi connectivity index (χ2v) is 8.87. The van der Waals surface area contributed by atoms with Crippen LogP contribution in [0.3, 0.4) is 0 Å². The number of nitrogens with zero attached hydrogens (tertiary/aromatic N) is 2. The number of nitrogens with one attached hydrogen (secondary N) is 2. The van der Waals surface area contributed by atoms with Gasteiger partial charge in [0.15, 0.2) is 0 Å². The number of hydrogen-bond acceptors (Lipinski definition) is 5. The van der Waals surface area contributed by atoms with Crippen molar-refractivity contribution in [1.82, 2.24) is 15.1 Å². The van der Waals surface area contributed by atoms with Crippen molar-refractivity contribution < 1.29 is 36.8 Å². The third-order valence-electron chi connectivity index (χ3n) is 6.39. The molecule has 1 atom stereocenters. The summed E-state index contributed by atoms with van der Waals surface area (Å²) in [6.45, 7) is 0.156. The number of hydrogen-bond donors (Lipinski definition) is 2. The Labute approximate surface area is 221 Å². The lowest BCUT2D eigenvalue weighted by Gasteiger charge is -2.26. The molecule has 1 aliphatic rings. The van der Waals surface area contributed by atoms with Crippen LogP contribution in [-0.4, -0.2) is 46.6 Å². The Morgan fingerprint density at radius 1 is 1.03 bits per heavy atom. The molecule has 5 amide bonds. The minimum absolute atomic E-state index is 0.221. The molecule has 0 spiro atoms. The first-order chi connectivity index (χ1) is 18.5. The molecule has 3 aromatic rings. The van der Waals surface area contributed by atoms with E-state index < -0.39 is 59.8 Å². The monoisotopic (exact) mass is 542 g/mol. The van der Waals surface area contributed by atoms with Gasteiger partial charge < -0.3 is 20.0 Å². The van der Waals surface area contributed by atoms with Crippen LogP contribution in [0.4, 0.5) is 23.7 Å². The maximum Gasteiger partial charge on any atom is 0.418 e. The maximum absolute atomic E-state index is 13.4. The van der Waals surface area contributed by atoms with Crippen LogP contribution in [0.2, 0.25) is 0 Å². The molecule has 2 heterocycles. The van der Waals surface area contributed by atoms with Gasteiger partial charge in [0.1, 0.15) is 24.4 Å². The molecular weight excluding hydrogens is 517 g/mol. The first-order valence-corrected chi connectivity index (χ1v) is 12.0. The minimum Gasteiger partial charge on any atom is -0.467 e. The maximum atomic E-state index is 13.4. The van der Waals surface area contributed by atoms with E-state index in [0.29, 0.717) is 5.56 Å². The Hall–Kier alpha value is -4.61. The van der Waals surface area contributed by atoms with Crippen molar-refractivity contribution >= 4 is 29.4 Å². The molecular formula is C27H25F3N4O5. The molecule has 9 nitrogen and oxygen atoms in total. The first-order valence-electron chi connectivity index (χ1n) is 12.0. The Bertz CT molecular complexity index is 1360. The number of alkyl halides is 3. The third kappa shape index (κ3) is 5.79. The number of rotatable bonds is 9. The van der Waals surface area contributed by atoms with Crippen molar-refractivity contribution in [3.8, 4) is 0 Å². The Morgan fingerprint density at radius 3 is 2.36 bits per heavy atom. The normalized spacial score (nSPS) is 17.2. The number of benzene rings is 2. The third-order valence-corrected chi connectivity index (χ3v) is 6.39. The quantitative estimate of drug-likeness (QED) is 0.395. The van der Waals surface area contributed by atoms with Gasteiger partial charge in [-0.2, -0.15) is 13.2 Å². The highest BCUT2D eigenvalue weighted by Crippen LogP contribution is 2.35. The highest BCUT2D eigenvalue weighted by atomic mass is 19.4. The molecule has 12 heteroatoms.